The van der Waals surface area contributed by atoms with Gasteiger partial charge in [-0.05, 0) is 42.2 Å². The lowest BCUT2D eigenvalue weighted by molar-refractivity contribution is 0.601. The maximum Gasteiger partial charge on any atom is 0.191 e. The average molecular weight is 377 g/mol. The Morgan fingerprint density at radius 1 is 1.15 bits per heavy atom. The van der Waals surface area contributed by atoms with Crippen LogP contribution in [0.3, 0.4) is 0 Å². The number of benzene rings is 2. The van der Waals surface area contributed by atoms with E-state index in [4.69, 9.17) is 0 Å². The molecular formula is C19H24FN3O2S. The van der Waals surface area contributed by atoms with Gasteiger partial charge in [-0.15, -0.1) is 0 Å². The van der Waals surface area contributed by atoms with Crippen LogP contribution in [-0.4, -0.2) is 34.2 Å². The van der Waals surface area contributed by atoms with Gasteiger partial charge in [0, 0.05) is 26.4 Å². The fourth-order valence-corrected chi connectivity index (χ4v) is 3.62. The Kier molecular flexibility index (Phi) is 6.74. The number of nitrogens with zero attached hydrogens (tertiary/aromatic N) is 1. The number of hydrogen-bond acceptors (Lipinski definition) is 3. The first-order valence-electron chi connectivity index (χ1n) is 8.29. The number of aryl methyl sites for hydroxylation is 1. The molecule has 2 aromatic carbocycles. The van der Waals surface area contributed by atoms with Gasteiger partial charge in [-0.1, -0.05) is 30.3 Å². The Labute approximate surface area is 154 Å². The fourth-order valence-electron chi connectivity index (χ4n) is 2.66. The molecule has 0 aromatic heterocycles. The summed E-state index contributed by atoms with van der Waals surface area (Å²) in [6.07, 6.45) is 1.75. The molecule has 2 rings (SSSR count). The molecule has 0 saturated carbocycles. The summed E-state index contributed by atoms with van der Waals surface area (Å²) in [5.74, 6) is 0.393. The van der Waals surface area contributed by atoms with Crippen molar-refractivity contribution in [3.63, 3.8) is 0 Å². The zero-order chi connectivity index (χ0) is 19.2. The second-order valence-electron chi connectivity index (χ2n) is 6.07. The number of aliphatic imine (C=N–C) groups is 1. The molecule has 0 aliphatic carbocycles. The molecule has 0 heterocycles. The summed E-state index contributed by atoms with van der Waals surface area (Å²) in [6, 6.07) is 11.9. The number of sulfone groups is 1. The third kappa shape index (κ3) is 5.56. The summed E-state index contributed by atoms with van der Waals surface area (Å²) in [6.45, 7) is 2.83. The molecule has 140 valence electrons. The van der Waals surface area contributed by atoms with E-state index in [0.717, 1.165) is 5.56 Å². The maximum atomic E-state index is 13.6. The Balaban J connectivity index is 1.89. The van der Waals surface area contributed by atoms with Crippen molar-refractivity contribution in [1.82, 2.24) is 10.6 Å². The first-order valence-corrected chi connectivity index (χ1v) is 10.2. The summed E-state index contributed by atoms with van der Waals surface area (Å²) in [4.78, 5) is 4.48. The highest BCUT2D eigenvalue weighted by molar-refractivity contribution is 7.90. The van der Waals surface area contributed by atoms with E-state index in [-0.39, 0.29) is 5.82 Å². The van der Waals surface area contributed by atoms with Crippen molar-refractivity contribution in [2.45, 2.75) is 24.8 Å². The van der Waals surface area contributed by atoms with E-state index in [1.807, 2.05) is 12.1 Å². The molecule has 5 nitrogen and oxygen atoms in total. The van der Waals surface area contributed by atoms with Crippen LogP contribution in [0.2, 0.25) is 0 Å². The monoisotopic (exact) mass is 377 g/mol. The molecule has 2 N–H and O–H groups in total. The van der Waals surface area contributed by atoms with Crippen LogP contribution in [0.5, 0.6) is 0 Å². The normalized spacial score (nSPS) is 12.1. The molecule has 0 radical (unpaired) electrons. The Morgan fingerprint density at radius 2 is 1.88 bits per heavy atom. The second-order valence-corrected chi connectivity index (χ2v) is 8.05. The smallest absolute Gasteiger partial charge is 0.191 e. The molecule has 0 fully saturated rings. The first-order chi connectivity index (χ1) is 12.3. The Morgan fingerprint density at radius 3 is 2.50 bits per heavy atom. The van der Waals surface area contributed by atoms with E-state index in [1.165, 1.54) is 12.3 Å². The van der Waals surface area contributed by atoms with Crippen LogP contribution in [0, 0.1) is 12.7 Å². The van der Waals surface area contributed by atoms with Gasteiger partial charge < -0.3 is 10.6 Å². The van der Waals surface area contributed by atoms with E-state index in [1.54, 1.807) is 38.2 Å². The lowest BCUT2D eigenvalue weighted by atomic mass is 10.1. The van der Waals surface area contributed by atoms with Gasteiger partial charge in [0.25, 0.3) is 0 Å². The zero-order valence-electron chi connectivity index (χ0n) is 15.2. The number of hydrogen-bond donors (Lipinski definition) is 2. The minimum atomic E-state index is -3.22. The molecule has 26 heavy (non-hydrogen) atoms. The van der Waals surface area contributed by atoms with Gasteiger partial charge in [0.05, 0.1) is 4.90 Å². The SMILES string of the molecule is CN=C(NCCc1ccccc1F)NCc1ccc(S(C)(=O)=O)c(C)c1. The van der Waals surface area contributed by atoms with Gasteiger partial charge >= 0.3 is 0 Å². The predicted molar refractivity (Wildman–Crippen MR) is 103 cm³/mol. The predicted octanol–water partition coefficient (Wildman–Crippen LogP) is 2.45. The number of halogens is 1. The quantitative estimate of drug-likeness (QED) is 0.599. The number of nitrogens with one attached hydrogen (secondary N) is 2. The zero-order valence-corrected chi connectivity index (χ0v) is 16.0. The molecule has 0 bridgehead atoms. The van der Waals surface area contributed by atoms with E-state index >= 15 is 0 Å². The van der Waals surface area contributed by atoms with Crippen molar-refractivity contribution in [3.05, 3.63) is 65.0 Å². The maximum absolute atomic E-state index is 13.6. The van der Waals surface area contributed by atoms with Crippen molar-refractivity contribution in [2.75, 3.05) is 19.8 Å². The molecule has 0 unspecified atom stereocenters. The highest BCUT2D eigenvalue weighted by Gasteiger charge is 2.11. The van der Waals surface area contributed by atoms with E-state index < -0.39 is 9.84 Å². The van der Waals surface area contributed by atoms with Crippen LogP contribution >= 0.6 is 0 Å². The average Bonchev–Trinajstić information content (AvgIpc) is 2.58. The number of guanidine groups is 1. The Hall–Kier alpha value is -2.41. The lowest BCUT2D eigenvalue weighted by Crippen LogP contribution is -2.37. The van der Waals surface area contributed by atoms with Gasteiger partial charge in [0.2, 0.25) is 0 Å². The molecule has 7 heteroatoms. The van der Waals surface area contributed by atoms with Crippen molar-refractivity contribution in [2.24, 2.45) is 4.99 Å². The van der Waals surface area contributed by atoms with Crippen molar-refractivity contribution in [1.29, 1.82) is 0 Å². The molecule has 0 aliphatic rings. The van der Waals surface area contributed by atoms with Crippen LogP contribution in [0.15, 0.2) is 52.4 Å². The van der Waals surface area contributed by atoms with Gasteiger partial charge in [0.1, 0.15) is 5.82 Å². The van der Waals surface area contributed by atoms with Gasteiger partial charge in [-0.25, -0.2) is 12.8 Å². The van der Waals surface area contributed by atoms with E-state index in [0.29, 0.717) is 41.5 Å². The minimum Gasteiger partial charge on any atom is -0.356 e. The van der Waals surface area contributed by atoms with Gasteiger partial charge in [0.15, 0.2) is 15.8 Å². The van der Waals surface area contributed by atoms with Crippen LogP contribution in [-0.2, 0) is 22.8 Å². The van der Waals surface area contributed by atoms with Crippen LogP contribution < -0.4 is 10.6 Å². The van der Waals surface area contributed by atoms with Crippen LogP contribution in [0.25, 0.3) is 0 Å². The van der Waals surface area contributed by atoms with Crippen molar-refractivity contribution >= 4 is 15.8 Å². The minimum absolute atomic E-state index is 0.210. The van der Waals surface area contributed by atoms with E-state index in [9.17, 15) is 12.8 Å². The molecule has 0 spiro atoms. The van der Waals surface area contributed by atoms with Crippen molar-refractivity contribution < 1.29 is 12.8 Å². The molecular weight excluding hydrogens is 353 g/mol. The third-order valence-corrected chi connectivity index (χ3v) is 5.22. The van der Waals surface area contributed by atoms with Crippen LogP contribution in [0.1, 0.15) is 16.7 Å². The highest BCUT2D eigenvalue weighted by Crippen LogP contribution is 2.16. The summed E-state index contributed by atoms with van der Waals surface area (Å²) in [5.41, 5.74) is 2.32. The highest BCUT2D eigenvalue weighted by atomic mass is 32.2. The van der Waals surface area contributed by atoms with Crippen molar-refractivity contribution in [3.8, 4) is 0 Å². The summed E-state index contributed by atoms with van der Waals surface area (Å²) in [5, 5.41) is 6.31. The lowest BCUT2D eigenvalue weighted by Gasteiger charge is -2.13. The summed E-state index contributed by atoms with van der Waals surface area (Å²) >= 11 is 0. The largest absolute Gasteiger partial charge is 0.356 e. The standard InChI is InChI=1S/C19H24FN3O2S/c1-14-12-15(8-9-18(14)26(3,24)25)13-23-19(21-2)22-11-10-16-6-4-5-7-17(16)20/h4-9,12H,10-11,13H2,1-3H3,(H2,21,22,23). The van der Waals surface area contributed by atoms with Gasteiger partial charge in [-0.2, -0.15) is 0 Å². The molecule has 0 aliphatic heterocycles. The fraction of sp³-hybridized carbons (Fsp3) is 0.316. The van der Waals surface area contributed by atoms with Gasteiger partial charge in [-0.3, -0.25) is 4.99 Å². The second kappa shape index (κ2) is 8.80. The third-order valence-electron chi connectivity index (χ3n) is 3.97. The molecule has 0 saturated heterocycles. The van der Waals surface area contributed by atoms with Crippen LogP contribution in [0.4, 0.5) is 4.39 Å². The molecule has 2 aromatic rings. The van der Waals surface area contributed by atoms with E-state index in [2.05, 4.69) is 15.6 Å². The summed E-state index contributed by atoms with van der Waals surface area (Å²) < 4.78 is 36.9. The molecule has 0 atom stereocenters. The first kappa shape index (κ1) is 19.9. The summed E-state index contributed by atoms with van der Waals surface area (Å²) in [7, 11) is -1.55. The topological polar surface area (TPSA) is 70.6 Å². The molecule has 0 amide bonds. The number of rotatable bonds is 6. The Bertz CT molecular complexity index is 895.